The molecule has 1 saturated heterocycles. The number of piperidine rings is 1. The third-order valence-corrected chi connectivity index (χ3v) is 7.75. The van der Waals surface area contributed by atoms with Gasteiger partial charge in [-0.05, 0) is 55.2 Å². The molecule has 1 amide bonds. The van der Waals surface area contributed by atoms with Crippen LogP contribution in [0.15, 0.2) is 90.0 Å². The highest BCUT2D eigenvalue weighted by molar-refractivity contribution is 7.90. The van der Waals surface area contributed by atoms with Crippen molar-refractivity contribution in [1.82, 2.24) is 8.87 Å². The lowest BCUT2D eigenvalue weighted by molar-refractivity contribution is 0.0724. The Morgan fingerprint density at radius 1 is 0.750 bits per heavy atom. The Labute approximate surface area is 188 Å². The smallest absolute Gasteiger partial charge is 0.268 e. The van der Waals surface area contributed by atoms with Crippen molar-refractivity contribution in [3.05, 3.63) is 90.6 Å². The first kappa shape index (κ1) is 20.5. The van der Waals surface area contributed by atoms with Gasteiger partial charge in [0.15, 0.2) is 0 Å². The Hall–Kier alpha value is -3.38. The Morgan fingerprint density at radius 2 is 1.41 bits per heavy atom. The molecule has 0 unspecified atom stereocenters. The quantitative estimate of drug-likeness (QED) is 0.436. The van der Waals surface area contributed by atoms with Gasteiger partial charge in [0.2, 0.25) is 0 Å². The Kier molecular flexibility index (Phi) is 5.31. The van der Waals surface area contributed by atoms with Crippen molar-refractivity contribution in [1.29, 1.82) is 0 Å². The zero-order valence-corrected chi connectivity index (χ0v) is 18.5. The maximum atomic E-state index is 13.5. The van der Waals surface area contributed by atoms with Crippen molar-refractivity contribution in [2.75, 3.05) is 13.1 Å². The van der Waals surface area contributed by atoms with Gasteiger partial charge in [-0.3, -0.25) is 4.79 Å². The van der Waals surface area contributed by atoms with Gasteiger partial charge in [0.25, 0.3) is 15.9 Å². The number of nitrogens with zero attached hydrogens (tertiary/aromatic N) is 2. The Bertz CT molecular complexity index is 1370. The molecule has 0 aliphatic carbocycles. The van der Waals surface area contributed by atoms with Gasteiger partial charge in [-0.15, -0.1) is 0 Å². The molecule has 0 saturated carbocycles. The molecule has 162 valence electrons. The molecular formula is C26H24N2O3S. The summed E-state index contributed by atoms with van der Waals surface area (Å²) < 4.78 is 28.4. The summed E-state index contributed by atoms with van der Waals surface area (Å²) >= 11 is 0. The number of amides is 1. The van der Waals surface area contributed by atoms with E-state index in [-0.39, 0.29) is 10.8 Å². The van der Waals surface area contributed by atoms with E-state index >= 15 is 0 Å². The number of benzene rings is 3. The summed E-state index contributed by atoms with van der Waals surface area (Å²) in [6.07, 6.45) is 4.87. The van der Waals surface area contributed by atoms with E-state index in [1.54, 1.807) is 18.3 Å². The van der Waals surface area contributed by atoms with Crippen LogP contribution in [0, 0.1) is 0 Å². The molecule has 0 N–H and O–H groups in total. The molecule has 3 aromatic carbocycles. The topological polar surface area (TPSA) is 59.4 Å². The predicted molar refractivity (Wildman–Crippen MR) is 126 cm³/mol. The van der Waals surface area contributed by atoms with Crippen LogP contribution in [-0.2, 0) is 10.0 Å². The fourth-order valence-corrected chi connectivity index (χ4v) is 5.73. The molecule has 4 aromatic rings. The number of hydrogen-bond donors (Lipinski definition) is 0. The van der Waals surface area contributed by atoms with E-state index in [0.29, 0.717) is 11.1 Å². The Morgan fingerprint density at radius 3 is 2.12 bits per heavy atom. The normalized spacial score (nSPS) is 14.6. The number of carbonyl (C=O) groups is 1. The third-order valence-electron chi connectivity index (χ3n) is 6.06. The van der Waals surface area contributed by atoms with Crippen molar-refractivity contribution in [2.24, 2.45) is 0 Å². The average molecular weight is 445 g/mol. The van der Waals surface area contributed by atoms with E-state index in [4.69, 9.17) is 0 Å². The van der Waals surface area contributed by atoms with Gasteiger partial charge >= 0.3 is 0 Å². The van der Waals surface area contributed by atoms with Gasteiger partial charge in [-0.25, -0.2) is 12.4 Å². The second-order valence-electron chi connectivity index (χ2n) is 8.10. The van der Waals surface area contributed by atoms with Crippen LogP contribution < -0.4 is 0 Å². The van der Waals surface area contributed by atoms with Crippen molar-refractivity contribution >= 4 is 26.8 Å². The predicted octanol–water partition coefficient (Wildman–Crippen LogP) is 5.17. The van der Waals surface area contributed by atoms with Crippen LogP contribution in [-0.4, -0.2) is 36.3 Å². The first-order chi connectivity index (χ1) is 15.6. The fourth-order valence-electron chi connectivity index (χ4n) is 4.36. The van der Waals surface area contributed by atoms with Gasteiger partial charge in [-0.2, -0.15) is 0 Å². The van der Waals surface area contributed by atoms with E-state index in [1.807, 2.05) is 59.5 Å². The molecule has 5 rings (SSSR count). The molecule has 6 heteroatoms. The van der Waals surface area contributed by atoms with Crippen LogP contribution in [0.3, 0.4) is 0 Å². The number of likely N-dealkylation sites (tertiary alicyclic amines) is 1. The van der Waals surface area contributed by atoms with E-state index in [2.05, 4.69) is 0 Å². The molecule has 0 bridgehead atoms. The molecule has 5 nitrogen and oxygen atoms in total. The van der Waals surface area contributed by atoms with Crippen molar-refractivity contribution in [3.8, 4) is 11.1 Å². The van der Waals surface area contributed by atoms with Crippen LogP contribution in [0.4, 0.5) is 0 Å². The van der Waals surface area contributed by atoms with E-state index < -0.39 is 10.0 Å². The molecule has 32 heavy (non-hydrogen) atoms. The zero-order chi connectivity index (χ0) is 22.1. The number of para-hydroxylation sites is 1. The summed E-state index contributed by atoms with van der Waals surface area (Å²) in [5, 5.41) is 0.874. The minimum atomic E-state index is -3.83. The molecule has 0 atom stereocenters. The summed E-state index contributed by atoms with van der Waals surface area (Å²) in [4.78, 5) is 14.7. The van der Waals surface area contributed by atoms with Crippen LogP contribution >= 0.6 is 0 Å². The summed E-state index contributed by atoms with van der Waals surface area (Å²) in [7, 11) is -3.83. The van der Waals surface area contributed by atoms with Crippen LogP contribution in [0.5, 0.6) is 0 Å². The highest BCUT2D eigenvalue weighted by atomic mass is 32.2. The molecule has 1 aromatic heterocycles. The Balaban J connectivity index is 1.53. The number of rotatable bonds is 4. The van der Waals surface area contributed by atoms with Crippen LogP contribution in [0.25, 0.3) is 22.0 Å². The SMILES string of the molecule is O=C(c1ccc(S(=O)(=O)n2cc(-c3ccccc3)c3ccccc32)cc1)N1CCCCC1. The summed E-state index contributed by atoms with van der Waals surface area (Å²) in [5.41, 5.74) is 2.97. The van der Waals surface area contributed by atoms with Crippen molar-refractivity contribution < 1.29 is 13.2 Å². The van der Waals surface area contributed by atoms with Gasteiger partial charge in [0.05, 0.1) is 10.4 Å². The van der Waals surface area contributed by atoms with E-state index in [9.17, 15) is 13.2 Å². The highest BCUT2D eigenvalue weighted by Gasteiger charge is 2.23. The van der Waals surface area contributed by atoms with Crippen LogP contribution in [0.1, 0.15) is 29.6 Å². The minimum Gasteiger partial charge on any atom is -0.339 e. The lowest BCUT2D eigenvalue weighted by atomic mass is 10.1. The molecule has 1 aliphatic heterocycles. The zero-order valence-electron chi connectivity index (χ0n) is 17.6. The molecule has 1 fully saturated rings. The fraction of sp³-hybridized carbons (Fsp3) is 0.192. The number of fused-ring (bicyclic) bond motifs is 1. The number of carbonyl (C=O) groups excluding carboxylic acids is 1. The maximum absolute atomic E-state index is 13.5. The standard InChI is InChI=1S/C26H24N2O3S/c29-26(27-17-7-2-8-18-27)21-13-15-22(16-14-21)32(30,31)28-19-24(20-9-3-1-4-10-20)23-11-5-6-12-25(23)28/h1,3-6,9-16,19H,2,7-8,17-18H2. The van der Waals surface area contributed by atoms with E-state index in [0.717, 1.165) is 48.9 Å². The van der Waals surface area contributed by atoms with Gasteiger partial charge in [0, 0.05) is 35.8 Å². The molecule has 2 heterocycles. The maximum Gasteiger partial charge on any atom is 0.268 e. The number of aromatic nitrogens is 1. The minimum absolute atomic E-state index is 0.0357. The summed E-state index contributed by atoms with van der Waals surface area (Å²) in [6, 6.07) is 23.6. The van der Waals surface area contributed by atoms with Crippen molar-refractivity contribution in [2.45, 2.75) is 24.2 Å². The first-order valence-electron chi connectivity index (χ1n) is 10.9. The third kappa shape index (κ3) is 3.60. The first-order valence-corrected chi connectivity index (χ1v) is 12.3. The van der Waals surface area contributed by atoms with E-state index in [1.165, 1.54) is 16.1 Å². The monoisotopic (exact) mass is 444 g/mol. The second-order valence-corrected chi connectivity index (χ2v) is 9.92. The summed E-state index contributed by atoms with van der Waals surface area (Å²) in [6.45, 7) is 1.52. The van der Waals surface area contributed by atoms with Gasteiger partial charge in [0.1, 0.15) is 0 Å². The lowest BCUT2D eigenvalue weighted by Crippen LogP contribution is -2.35. The molecule has 0 radical (unpaired) electrons. The molecule has 1 aliphatic rings. The molecule has 0 spiro atoms. The number of hydrogen-bond acceptors (Lipinski definition) is 3. The largest absolute Gasteiger partial charge is 0.339 e. The lowest BCUT2D eigenvalue weighted by Gasteiger charge is -2.26. The molecular weight excluding hydrogens is 420 g/mol. The second kappa shape index (κ2) is 8.28. The van der Waals surface area contributed by atoms with Gasteiger partial charge < -0.3 is 4.90 Å². The highest BCUT2D eigenvalue weighted by Crippen LogP contribution is 2.33. The van der Waals surface area contributed by atoms with Crippen molar-refractivity contribution in [3.63, 3.8) is 0 Å². The summed E-state index contributed by atoms with van der Waals surface area (Å²) in [5.74, 6) is -0.0357. The average Bonchev–Trinajstić information content (AvgIpc) is 3.25. The van der Waals surface area contributed by atoms with Gasteiger partial charge in [-0.1, -0.05) is 48.5 Å². The van der Waals surface area contributed by atoms with Crippen LogP contribution in [0.2, 0.25) is 0 Å².